The van der Waals surface area contributed by atoms with Gasteiger partial charge in [0.25, 0.3) is 0 Å². The Morgan fingerprint density at radius 2 is 2.25 bits per heavy atom. The van der Waals surface area contributed by atoms with Crippen LogP contribution in [0.1, 0.15) is 18.4 Å². The second-order valence-corrected chi connectivity index (χ2v) is 3.61. The highest BCUT2D eigenvalue weighted by molar-refractivity contribution is 5.58. The molecule has 4 nitrogen and oxygen atoms in total. The molecule has 0 aromatic carbocycles. The first-order valence-electron chi connectivity index (χ1n) is 5.44. The fourth-order valence-electron chi connectivity index (χ4n) is 1.54. The molecule has 16 heavy (non-hydrogen) atoms. The molecule has 0 saturated carbocycles. The molecule has 2 N–H and O–H groups in total. The van der Waals surface area contributed by atoms with E-state index in [0.29, 0.717) is 6.54 Å². The van der Waals surface area contributed by atoms with Gasteiger partial charge >= 0.3 is 0 Å². The number of nitrogens with two attached hydrogens (primary N) is 1. The zero-order valence-electron chi connectivity index (χ0n) is 9.31. The van der Waals surface area contributed by atoms with Crippen LogP contribution < -0.4 is 5.73 Å². The van der Waals surface area contributed by atoms with Gasteiger partial charge < -0.3 is 10.3 Å². The van der Waals surface area contributed by atoms with E-state index in [0.717, 1.165) is 35.6 Å². The number of aryl methyl sites for hydroxylation is 1. The molecule has 0 amide bonds. The van der Waals surface area contributed by atoms with E-state index in [1.165, 1.54) is 0 Å². The molecule has 0 spiro atoms. The third-order valence-corrected chi connectivity index (χ3v) is 2.42. The van der Waals surface area contributed by atoms with Crippen LogP contribution in [0.25, 0.3) is 11.3 Å². The third-order valence-electron chi connectivity index (χ3n) is 2.42. The Labute approximate surface area is 94.5 Å². The van der Waals surface area contributed by atoms with Crippen molar-refractivity contribution in [3.05, 3.63) is 35.9 Å². The van der Waals surface area contributed by atoms with Crippen LogP contribution in [0.15, 0.2) is 28.9 Å². The predicted octanol–water partition coefficient (Wildman–Crippen LogP) is 1.80. The van der Waals surface area contributed by atoms with Crippen molar-refractivity contribution in [1.82, 2.24) is 10.1 Å². The van der Waals surface area contributed by atoms with Crippen molar-refractivity contribution < 1.29 is 4.52 Å². The summed E-state index contributed by atoms with van der Waals surface area (Å²) in [7, 11) is 0. The molecule has 0 atom stereocenters. The monoisotopic (exact) mass is 217 g/mol. The highest BCUT2D eigenvalue weighted by Crippen LogP contribution is 2.19. The molecule has 0 saturated heterocycles. The molecule has 0 fully saturated rings. The summed E-state index contributed by atoms with van der Waals surface area (Å²) in [6.07, 6.45) is 3.44. The Morgan fingerprint density at radius 1 is 1.38 bits per heavy atom. The highest BCUT2D eigenvalue weighted by atomic mass is 16.5. The molecule has 0 radical (unpaired) electrons. The maximum atomic E-state index is 5.46. The average molecular weight is 217 g/mol. The van der Waals surface area contributed by atoms with E-state index >= 15 is 0 Å². The van der Waals surface area contributed by atoms with E-state index in [2.05, 4.69) is 17.1 Å². The summed E-state index contributed by atoms with van der Waals surface area (Å²) >= 11 is 0. The lowest BCUT2D eigenvalue weighted by Gasteiger charge is -1.98. The second-order valence-electron chi connectivity index (χ2n) is 3.61. The van der Waals surface area contributed by atoms with Crippen molar-refractivity contribution >= 4 is 0 Å². The lowest BCUT2D eigenvalue weighted by molar-refractivity contribution is 0.386. The van der Waals surface area contributed by atoms with Crippen molar-refractivity contribution in [3.8, 4) is 11.3 Å². The summed E-state index contributed by atoms with van der Waals surface area (Å²) < 4.78 is 5.18. The van der Waals surface area contributed by atoms with Gasteiger partial charge in [0.1, 0.15) is 11.5 Å². The van der Waals surface area contributed by atoms with Crippen LogP contribution in [-0.2, 0) is 12.8 Å². The van der Waals surface area contributed by atoms with E-state index in [1.54, 1.807) is 6.20 Å². The van der Waals surface area contributed by atoms with Crippen LogP contribution in [-0.4, -0.2) is 16.7 Å². The molecule has 0 aliphatic heterocycles. The number of nitrogens with zero attached hydrogens (tertiary/aromatic N) is 2. The van der Waals surface area contributed by atoms with Crippen molar-refractivity contribution in [2.45, 2.75) is 19.8 Å². The van der Waals surface area contributed by atoms with Crippen molar-refractivity contribution in [2.24, 2.45) is 5.73 Å². The molecule has 4 heteroatoms. The molecule has 84 valence electrons. The van der Waals surface area contributed by atoms with Crippen LogP contribution in [0, 0.1) is 0 Å². The number of pyridine rings is 1. The smallest absolute Gasteiger partial charge is 0.138 e. The standard InChI is InChI=1S/C12H15N3O/c1-2-10-7-9(4-6-14-10)12-8-11(3-5-13)16-15-12/h4,6-8H,2-3,5,13H2,1H3. The van der Waals surface area contributed by atoms with E-state index in [1.807, 2.05) is 18.2 Å². The largest absolute Gasteiger partial charge is 0.361 e. The van der Waals surface area contributed by atoms with Gasteiger partial charge in [0.15, 0.2) is 0 Å². The molecular formula is C12H15N3O. The average Bonchev–Trinajstić information content (AvgIpc) is 2.78. The van der Waals surface area contributed by atoms with Gasteiger partial charge in [0.05, 0.1) is 0 Å². The van der Waals surface area contributed by atoms with Gasteiger partial charge in [-0.05, 0) is 25.1 Å². The Balaban J connectivity index is 2.27. The van der Waals surface area contributed by atoms with Gasteiger partial charge in [0.2, 0.25) is 0 Å². The van der Waals surface area contributed by atoms with Gasteiger partial charge in [-0.25, -0.2) is 0 Å². The molecular weight excluding hydrogens is 202 g/mol. The third kappa shape index (κ3) is 2.28. The molecule has 0 unspecified atom stereocenters. The number of hydrogen-bond donors (Lipinski definition) is 1. The van der Waals surface area contributed by atoms with Crippen LogP contribution in [0.5, 0.6) is 0 Å². The Bertz CT molecular complexity index is 465. The Hall–Kier alpha value is -1.68. The first-order valence-corrected chi connectivity index (χ1v) is 5.44. The van der Waals surface area contributed by atoms with Gasteiger partial charge in [-0.15, -0.1) is 0 Å². The topological polar surface area (TPSA) is 64.9 Å². The fraction of sp³-hybridized carbons (Fsp3) is 0.333. The van der Waals surface area contributed by atoms with Crippen LogP contribution in [0.3, 0.4) is 0 Å². The van der Waals surface area contributed by atoms with Gasteiger partial charge in [-0.2, -0.15) is 0 Å². The molecule has 2 aromatic heterocycles. The highest BCUT2D eigenvalue weighted by Gasteiger charge is 2.06. The van der Waals surface area contributed by atoms with Crippen LogP contribution in [0.4, 0.5) is 0 Å². The Morgan fingerprint density at radius 3 is 3.00 bits per heavy atom. The maximum Gasteiger partial charge on any atom is 0.138 e. The van der Waals surface area contributed by atoms with E-state index < -0.39 is 0 Å². The number of hydrogen-bond acceptors (Lipinski definition) is 4. The first kappa shape index (κ1) is 10.8. The van der Waals surface area contributed by atoms with E-state index in [4.69, 9.17) is 10.3 Å². The summed E-state index contributed by atoms with van der Waals surface area (Å²) in [6.45, 7) is 2.65. The minimum atomic E-state index is 0.575. The van der Waals surface area contributed by atoms with Crippen LogP contribution in [0.2, 0.25) is 0 Å². The van der Waals surface area contributed by atoms with E-state index in [9.17, 15) is 0 Å². The fourth-order valence-corrected chi connectivity index (χ4v) is 1.54. The predicted molar refractivity (Wildman–Crippen MR) is 61.9 cm³/mol. The molecule has 0 aliphatic carbocycles. The minimum absolute atomic E-state index is 0.575. The number of rotatable bonds is 4. The summed E-state index contributed by atoms with van der Waals surface area (Å²) in [5.41, 5.74) is 8.40. The summed E-state index contributed by atoms with van der Waals surface area (Å²) in [4.78, 5) is 4.25. The van der Waals surface area contributed by atoms with Gasteiger partial charge in [-0.1, -0.05) is 12.1 Å². The number of aromatic nitrogens is 2. The van der Waals surface area contributed by atoms with Gasteiger partial charge in [-0.3, -0.25) is 4.98 Å². The van der Waals surface area contributed by atoms with E-state index in [-0.39, 0.29) is 0 Å². The minimum Gasteiger partial charge on any atom is -0.361 e. The lowest BCUT2D eigenvalue weighted by Crippen LogP contribution is -2.01. The lowest BCUT2D eigenvalue weighted by atomic mass is 10.1. The summed E-state index contributed by atoms with van der Waals surface area (Å²) in [5.74, 6) is 0.826. The Kier molecular flexibility index (Phi) is 3.31. The van der Waals surface area contributed by atoms with Crippen molar-refractivity contribution in [3.63, 3.8) is 0 Å². The van der Waals surface area contributed by atoms with Crippen molar-refractivity contribution in [1.29, 1.82) is 0 Å². The quantitative estimate of drug-likeness (QED) is 0.848. The van der Waals surface area contributed by atoms with Crippen molar-refractivity contribution in [2.75, 3.05) is 6.54 Å². The summed E-state index contributed by atoms with van der Waals surface area (Å²) in [5, 5.41) is 4.02. The molecule has 2 rings (SSSR count). The molecule has 2 heterocycles. The summed E-state index contributed by atoms with van der Waals surface area (Å²) in [6, 6.07) is 5.90. The second kappa shape index (κ2) is 4.90. The molecule has 0 bridgehead atoms. The zero-order chi connectivity index (χ0) is 11.4. The molecule has 0 aliphatic rings. The first-order chi connectivity index (χ1) is 7.83. The molecule has 2 aromatic rings. The SMILES string of the molecule is CCc1cc(-c2cc(CCN)on2)ccn1. The normalized spacial score (nSPS) is 10.6. The zero-order valence-corrected chi connectivity index (χ0v) is 9.31. The maximum absolute atomic E-state index is 5.46. The van der Waals surface area contributed by atoms with Gasteiger partial charge in [0, 0.05) is 29.9 Å². The van der Waals surface area contributed by atoms with Crippen LogP contribution >= 0.6 is 0 Å².